The number of aromatic amines is 1. The molecule has 12 heavy (non-hydrogen) atoms. The summed E-state index contributed by atoms with van der Waals surface area (Å²) in [4.78, 5) is 0. The van der Waals surface area contributed by atoms with Gasteiger partial charge in [-0.05, 0) is 17.0 Å². The van der Waals surface area contributed by atoms with Crippen molar-refractivity contribution in [3.8, 4) is 0 Å². The van der Waals surface area contributed by atoms with Crippen LogP contribution in [0, 0.1) is 0 Å². The molecular formula is C6H5ClN4S. The van der Waals surface area contributed by atoms with E-state index in [-0.39, 0.29) is 0 Å². The quantitative estimate of drug-likeness (QED) is 0.800. The summed E-state index contributed by atoms with van der Waals surface area (Å²) in [6, 6.07) is 1.91. The van der Waals surface area contributed by atoms with Crippen molar-refractivity contribution in [3.05, 3.63) is 27.2 Å². The second-order valence-electron chi connectivity index (χ2n) is 2.26. The van der Waals surface area contributed by atoms with Crippen LogP contribution in [0.2, 0.25) is 4.34 Å². The minimum Gasteiger partial charge on any atom is -0.177 e. The highest BCUT2D eigenvalue weighted by molar-refractivity contribution is 7.14. The highest BCUT2D eigenvalue weighted by Gasteiger charge is 2.02. The summed E-state index contributed by atoms with van der Waals surface area (Å²) < 4.78 is 0.786. The third-order valence-electron chi connectivity index (χ3n) is 1.37. The first-order valence-corrected chi connectivity index (χ1v) is 4.55. The molecule has 0 bridgehead atoms. The number of nitrogens with zero attached hydrogens (tertiary/aromatic N) is 3. The lowest BCUT2D eigenvalue weighted by atomic mass is 10.2. The van der Waals surface area contributed by atoms with Crippen molar-refractivity contribution in [2.24, 2.45) is 0 Å². The van der Waals surface area contributed by atoms with Gasteiger partial charge in [0.1, 0.15) is 0 Å². The number of thiophene rings is 1. The standard InChI is InChI=1S/C6H5ClN4S/c7-5-1-4(3-12-5)2-6-8-10-11-9-6/h1,3H,2H2,(H,8,9,10,11). The van der Waals surface area contributed by atoms with Gasteiger partial charge in [0.2, 0.25) is 0 Å². The van der Waals surface area contributed by atoms with Gasteiger partial charge in [0, 0.05) is 6.42 Å². The van der Waals surface area contributed by atoms with Crippen LogP contribution in [0.1, 0.15) is 11.4 Å². The summed E-state index contributed by atoms with van der Waals surface area (Å²) in [6.45, 7) is 0. The lowest BCUT2D eigenvalue weighted by molar-refractivity contribution is 0.881. The maximum atomic E-state index is 5.75. The molecule has 4 nitrogen and oxygen atoms in total. The second-order valence-corrected chi connectivity index (χ2v) is 3.81. The summed E-state index contributed by atoms with van der Waals surface area (Å²) in [6.07, 6.45) is 0.680. The average molecular weight is 201 g/mol. The van der Waals surface area contributed by atoms with E-state index in [0.717, 1.165) is 9.90 Å². The highest BCUT2D eigenvalue weighted by atomic mass is 35.5. The van der Waals surface area contributed by atoms with Gasteiger partial charge in [0.25, 0.3) is 0 Å². The normalized spacial score (nSPS) is 10.4. The Morgan fingerprint density at radius 2 is 2.50 bits per heavy atom. The van der Waals surface area contributed by atoms with E-state index in [0.29, 0.717) is 12.2 Å². The summed E-state index contributed by atoms with van der Waals surface area (Å²) in [5.74, 6) is 0.685. The van der Waals surface area contributed by atoms with Gasteiger partial charge in [-0.25, -0.2) is 0 Å². The van der Waals surface area contributed by atoms with Gasteiger partial charge in [-0.3, -0.25) is 0 Å². The Morgan fingerprint density at radius 3 is 3.08 bits per heavy atom. The minimum atomic E-state index is 0.680. The Hall–Kier alpha value is -0.940. The zero-order chi connectivity index (χ0) is 8.39. The minimum absolute atomic E-state index is 0.680. The fourth-order valence-corrected chi connectivity index (χ4v) is 1.79. The molecule has 0 unspecified atom stereocenters. The summed E-state index contributed by atoms with van der Waals surface area (Å²) in [5, 5.41) is 15.5. The van der Waals surface area contributed by atoms with Crippen molar-refractivity contribution in [1.82, 2.24) is 20.6 Å². The summed E-state index contributed by atoms with van der Waals surface area (Å²) in [5.41, 5.74) is 1.12. The van der Waals surface area contributed by atoms with Gasteiger partial charge in [-0.1, -0.05) is 16.8 Å². The summed E-state index contributed by atoms with van der Waals surface area (Å²) in [7, 11) is 0. The van der Waals surface area contributed by atoms with Crippen molar-refractivity contribution in [1.29, 1.82) is 0 Å². The molecule has 2 aromatic heterocycles. The largest absolute Gasteiger partial charge is 0.178 e. The number of tetrazole rings is 1. The molecule has 0 radical (unpaired) electrons. The van der Waals surface area contributed by atoms with Crippen LogP contribution < -0.4 is 0 Å². The van der Waals surface area contributed by atoms with Crippen molar-refractivity contribution < 1.29 is 0 Å². The van der Waals surface area contributed by atoms with E-state index in [1.807, 2.05) is 11.4 Å². The van der Waals surface area contributed by atoms with E-state index in [1.165, 1.54) is 11.3 Å². The number of hydrogen-bond donors (Lipinski definition) is 1. The van der Waals surface area contributed by atoms with E-state index in [2.05, 4.69) is 20.6 Å². The lowest BCUT2D eigenvalue weighted by Crippen LogP contribution is -1.88. The number of H-pyrrole nitrogens is 1. The maximum absolute atomic E-state index is 5.75. The van der Waals surface area contributed by atoms with E-state index in [1.54, 1.807) is 0 Å². The zero-order valence-electron chi connectivity index (χ0n) is 5.99. The SMILES string of the molecule is Clc1cc(Cc2nn[nH]n2)cs1. The Kier molecular flexibility index (Phi) is 2.05. The van der Waals surface area contributed by atoms with Crippen LogP contribution in [0.4, 0.5) is 0 Å². The molecule has 0 atom stereocenters. The van der Waals surface area contributed by atoms with Gasteiger partial charge >= 0.3 is 0 Å². The fourth-order valence-electron chi connectivity index (χ4n) is 0.878. The molecule has 0 amide bonds. The van der Waals surface area contributed by atoms with Crippen LogP contribution in [0.15, 0.2) is 11.4 Å². The van der Waals surface area contributed by atoms with Gasteiger partial charge < -0.3 is 0 Å². The third-order valence-corrected chi connectivity index (χ3v) is 2.51. The first-order chi connectivity index (χ1) is 5.84. The topological polar surface area (TPSA) is 54.5 Å². The van der Waals surface area contributed by atoms with Gasteiger partial charge in [0.05, 0.1) is 4.34 Å². The van der Waals surface area contributed by atoms with E-state index in [4.69, 9.17) is 11.6 Å². The number of nitrogens with one attached hydrogen (secondary N) is 1. The van der Waals surface area contributed by atoms with Crippen LogP contribution in [-0.2, 0) is 6.42 Å². The van der Waals surface area contributed by atoms with Crippen LogP contribution in [0.25, 0.3) is 0 Å². The molecule has 2 rings (SSSR count). The molecule has 0 fully saturated rings. The van der Waals surface area contributed by atoms with Crippen molar-refractivity contribution >= 4 is 22.9 Å². The molecule has 0 aliphatic rings. The van der Waals surface area contributed by atoms with E-state index < -0.39 is 0 Å². The molecule has 1 N–H and O–H groups in total. The Bertz CT molecular complexity index is 355. The zero-order valence-corrected chi connectivity index (χ0v) is 7.56. The van der Waals surface area contributed by atoms with Gasteiger partial charge in [-0.2, -0.15) is 5.21 Å². The molecule has 2 aromatic rings. The molecular weight excluding hydrogens is 196 g/mol. The highest BCUT2D eigenvalue weighted by Crippen LogP contribution is 2.20. The Labute approximate surface area is 77.6 Å². The van der Waals surface area contributed by atoms with Crippen LogP contribution in [-0.4, -0.2) is 20.6 Å². The second kappa shape index (κ2) is 3.20. The number of aromatic nitrogens is 4. The third kappa shape index (κ3) is 1.62. The van der Waals surface area contributed by atoms with Crippen molar-refractivity contribution in [3.63, 3.8) is 0 Å². The fraction of sp³-hybridized carbons (Fsp3) is 0.167. The molecule has 0 aliphatic carbocycles. The predicted octanol–water partition coefficient (Wildman–Crippen LogP) is 1.51. The first kappa shape index (κ1) is 7.70. The molecule has 62 valence electrons. The first-order valence-electron chi connectivity index (χ1n) is 3.30. The van der Waals surface area contributed by atoms with E-state index in [9.17, 15) is 0 Å². The molecule has 0 spiro atoms. The van der Waals surface area contributed by atoms with Crippen LogP contribution in [0.3, 0.4) is 0 Å². The summed E-state index contributed by atoms with van der Waals surface area (Å²) >= 11 is 7.26. The Morgan fingerprint density at radius 1 is 1.58 bits per heavy atom. The molecule has 0 aliphatic heterocycles. The van der Waals surface area contributed by atoms with Crippen molar-refractivity contribution in [2.45, 2.75) is 6.42 Å². The number of hydrogen-bond acceptors (Lipinski definition) is 4. The number of halogens is 1. The van der Waals surface area contributed by atoms with Crippen LogP contribution in [0.5, 0.6) is 0 Å². The lowest BCUT2D eigenvalue weighted by Gasteiger charge is -1.86. The van der Waals surface area contributed by atoms with Crippen molar-refractivity contribution in [2.75, 3.05) is 0 Å². The predicted molar refractivity (Wildman–Crippen MR) is 46.3 cm³/mol. The van der Waals surface area contributed by atoms with Gasteiger partial charge in [-0.15, -0.1) is 21.5 Å². The average Bonchev–Trinajstić information content (AvgIpc) is 2.63. The number of rotatable bonds is 2. The molecule has 6 heteroatoms. The molecule has 2 heterocycles. The van der Waals surface area contributed by atoms with E-state index >= 15 is 0 Å². The van der Waals surface area contributed by atoms with Gasteiger partial charge in [0.15, 0.2) is 5.82 Å². The smallest absolute Gasteiger partial charge is 0.177 e. The molecule has 0 aromatic carbocycles. The monoisotopic (exact) mass is 200 g/mol. The van der Waals surface area contributed by atoms with Crippen LogP contribution >= 0.6 is 22.9 Å². The maximum Gasteiger partial charge on any atom is 0.178 e. The molecule has 0 saturated carbocycles. The molecule has 0 saturated heterocycles. The Balaban J connectivity index is 2.14.